The second kappa shape index (κ2) is 10.4. The van der Waals surface area contributed by atoms with E-state index in [-0.39, 0.29) is 40.5 Å². The molecule has 2 aliphatic heterocycles. The fraction of sp³-hybridized carbons (Fsp3) is 0.708. The molecule has 1 aromatic carbocycles. The zero-order chi connectivity index (χ0) is 27.3. The molecule has 0 spiro atoms. The lowest BCUT2D eigenvalue weighted by atomic mass is 9.28. The van der Waals surface area contributed by atoms with E-state index in [9.17, 15) is 4.79 Å². The van der Waals surface area contributed by atoms with Crippen molar-refractivity contribution in [3.8, 4) is 11.5 Å². The van der Waals surface area contributed by atoms with Crippen molar-refractivity contribution in [3.05, 3.63) is 11.1 Å². The highest BCUT2D eigenvalue weighted by molar-refractivity contribution is 6.56. The van der Waals surface area contributed by atoms with E-state index in [0.717, 1.165) is 41.8 Å². The van der Waals surface area contributed by atoms with Crippen LogP contribution < -0.4 is 26.1 Å². The fourth-order valence-electron chi connectivity index (χ4n) is 6.75. The quantitative estimate of drug-likeness (QED) is 0.310. The summed E-state index contributed by atoms with van der Waals surface area (Å²) in [6.07, 6.45) is 1.57. The molecule has 1 fully saturated rings. The van der Waals surface area contributed by atoms with E-state index in [2.05, 4.69) is 65.8 Å². The smallest absolute Gasteiger partial charge is 0.323 e. The van der Waals surface area contributed by atoms with Crippen molar-refractivity contribution < 1.29 is 19.0 Å². The number of hydrogen-bond acceptors (Lipinski definition) is 6. The molecule has 2 aliphatic rings. The Morgan fingerprint density at radius 3 is 2.11 bits per heavy atom. The normalized spacial score (nSPS) is 25.6. The zero-order valence-electron chi connectivity index (χ0n) is 24.7. The average Bonchev–Trinajstić information content (AvgIpc) is 2.78. The van der Waals surface area contributed by atoms with E-state index in [1.54, 1.807) is 14.2 Å². The van der Waals surface area contributed by atoms with Gasteiger partial charge >= 0.3 is 5.97 Å². The molecule has 2 N–H and O–H groups in total. The number of carbonyl (C=O) groups is 1. The highest BCUT2D eigenvalue weighted by Gasteiger charge is 2.55. The van der Waals surface area contributed by atoms with E-state index < -0.39 is 6.04 Å². The molecular formula is C24H44B6N2O4. The van der Waals surface area contributed by atoms with Crippen LogP contribution in [-0.4, -0.2) is 96.2 Å². The van der Waals surface area contributed by atoms with Gasteiger partial charge in [0.05, 0.1) is 14.2 Å². The third kappa shape index (κ3) is 4.66. The van der Waals surface area contributed by atoms with Gasteiger partial charge in [-0.05, 0) is 40.1 Å². The molecule has 0 saturated carbocycles. The number of carbonyl (C=O) groups excluding carboxylic acids is 1. The Balaban J connectivity index is 2.20. The standard InChI is InChI=1S/C24H44B6N2O4/c1-10(2)7-12-9-32-13(8-14(12)36-22(33)19(31)11(3)4)15-16(23(27,28)24(32,29)30)18(26)21(35-6)20(34-5)17(15)25/h10-14,19H,7-9,25-31H2,1-6H3/t12?,13?,14?,19-/m0/s1. The van der Waals surface area contributed by atoms with Crippen LogP contribution in [0, 0.1) is 17.8 Å². The minimum atomic E-state index is -0.606. The van der Waals surface area contributed by atoms with Crippen LogP contribution >= 0.6 is 0 Å². The van der Waals surface area contributed by atoms with Gasteiger partial charge in [0.25, 0.3) is 0 Å². The Bertz CT molecular complexity index is 1000. The van der Waals surface area contributed by atoms with Crippen molar-refractivity contribution >= 4 is 64.0 Å². The van der Waals surface area contributed by atoms with Gasteiger partial charge in [-0.1, -0.05) is 38.5 Å². The second-order valence-electron chi connectivity index (χ2n) is 12.8. The first-order valence-electron chi connectivity index (χ1n) is 13.6. The molecule has 3 rings (SSSR count). The Morgan fingerprint density at radius 1 is 1.06 bits per heavy atom. The molecular weight excluding hydrogens is 445 g/mol. The van der Waals surface area contributed by atoms with Crippen molar-refractivity contribution in [2.24, 2.45) is 23.5 Å². The highest BCUT2D eigenvalue weighted by atomic mass is 16.5. The van der Waals surface area contributed by atoms with Crippen LogP contribution in [0.1, 0.15) is 57.7 Å². The number of nitrogens with zero attached hydrogens (tertiary/aromatic N) is 1. The minimum absolute atomic E-state index is 0.0397. The third-order valence-corrected chi connectivity index (χ3v) is 9.37. The molecule has 4 atom stereocenters. The van der Waals surface area contributed by atoms with E-state index in [0.29, 0.717) is 5.92 Å². The van der Waals surface area contributed by atoms with Crippen molar-refractivity contribution in [2.45, 2.75) is 69.3 Å². The van der Waals surface area contributed by atoms with Crippen molar-refractivity contribution in [2.75, 3.05) is 20.8 Å². The molecule has 1 saturated heterocycles. The molecule has 6 nitrogen and oxygen atoms in total. The third-order valence-electron chi connectivity index (χ3n) is 9.37. The summed E-state index contributed by atoms with van der Waals surface area (Å²) in [5, 5.41) is -0.265. The summed E-state index contributed by atoms with van der Waals surface area (Å²) in [6, 6.07) is -0.497. The molecule has 3 unspecified atom stereocenters. The molecule has 1 aromatic rings. The van der Waals surface area contributed by atoms with Gasteiger partial charge in [0.2, 0.25) is 0 Å². The molecule has 12 heteroatoms. The lowest BCUT2D eigenvalue weighted by Gasteiger charge is -2.63. The number of rotatable bonds is 7. The largest absolute Gasteiger partial charge is 0.493 e. The topological polar surface area (TPSA) is 74.0 Å². The number of hydrogen-bond donors (Lipinski definition) is 1. The maximum atomic E-state index is 13.0. The van der Waals surface area contributed by atoms with Crippen LogP contribution in [0.4, 0.5) is 0 Å². The maximum absolute atomic E-state index is 13.0. The number of fused-ring (bicyclic) bond motifs is 3. The number of piperidine rings is 1. The van der Waals surface area contributed by atoms with Gasteiger partial charge in [0, 0.05) is 24.9 Å². The lowest BCUT2D eigenvalue weighted by molar-refractivity contribution is -0.161. The Kier molecular flexibility index (Phi) is 8.42. The fourth-order valence-corrected chi connectivity index (χ4v) is 6.75. The van der Waals surface area contributed by atoms with Gasteiger partial charge in [0.1, 0.15) is 59.2 Å². The monoisotopic (exact) mass is 490 g/mol. The van der Waals surface area contributed by atoms with Crippen molar-refractivity contribution in [3.63, 3.8) is 0 Å². The second-order valence-corrected chi connectivity index (χ2v) is 12.8. The first-order valence-corrected chi connectivity index (χ1v) is 13.6. The molecule has 0 bridgehead atoms. The van der Waals surface area contributed by atoms with Crippen molar-refractivity contribution in [1.82, 2.24) is 4.90 Å². The van der Waals surface area contributed by atoms with Gasteiger partial charge in [-0.15, -0.1) is 0 Å². The first-order chi connectivity index (χ1) is 16.6. The summed E-state index contributed by atoms with van der Waals surface area (Å²) in [5.74, 6) is 2.12. The van der Waals surface area contributed by atoms with Crippen LogP contribution in [0.25, 0.3) is 0 Å². The maximum Gasteiger partial charge on any atom is 0.323 e. The van der Waals surface area contributed by atoms with E-state index >= 15 is 0 Å². The summed E-state index contributed by atoms with van der Waals surface area (Å²) in [6.45, 7) is 9.30. The predicted molar refractivity (Wildman–Crippen MR) is 164 cm³/mol. The van der Waals surface area contributed by atoms with Crippen LogP contribution in [0.5, 0.6) is 11.5 Å². The van der Waals surface area contributed by atoms with E-state index in [1.807, 2.05) is 13.8 Å². The summed E-state index contributed by atoms with van der Waals surface area (Å²) in [7, 11) is 17.2. The Morgan fingerprint density at radius 2 is 1.61 bits per heavy atom. The number of nitrogens with two attached hydrogens (primary N) is 1. The number of ether oxygens (including phenoxy) is 3. The molecule has 0 amide bonds. The lowest BCUT2D eigenvalue weighted by Crippen LogP contribution is -2.72. The van der Waals surface area contributed by atoms with Gasteiger partial charge < -0.3 is 24.8 Å². The molecule has 0 aromatic heterocycles. The van der Waals surface area contributed by atoms with Gasteiger partial charge in [-0.25, -0.2) is 0 Å². The predicted octanol–water partition coefficient (Wildman–Crippen LogP) is -4.12. The number of esters is 1. The molecule has 192 valence electrons. The zero-order valence-corrected chi connectivity index (χ0v) is 24.7. The van der Waals surface area contributed by atoms with Crippen LogP contribution in [0.2, 0.25) is 0 Å². The van der Waals surface area contributed by atoms with Gasteiger partial charge in [-0.3, -0.25) is 4.79 Å². The summed E-state index contributed by atoms with van der Waals surface area (Å²) in [5.41, 5.74) is 11.1. The first kappa shape index (κ1) is 29.2. The molecule has 0 aliphatic carbocycles. The molecule has 2 heterocycles. The molecule has 0 radical (unpaired) electrons. The van der Waals surface area contributed by atoms with Gasteiger partial charge in [-0.2, -0.15) is 0 Å². The number of benzene rings is 1. The van der Waals surface area contributed by atoms with E-state index in [1.165, 1.54) is 11.1 Å². The Labute approximate surface area is 224 Å². The SMILES string of the molecule is Bc1c(OC)c(OC)c(B)c2c1C1CC(OC(=O)[C@@H](N)C(C)C)C(CC(C)C)CN1C(B)(B)C2(B)B. The van der Waals surface area contributed by atoms with E-state index in [4.69, 9.17) is 19.9 Å². The van der Waals surface area contributed by atoms with Crippen molar-refractivity contribution in [1.29, 1.82) is 0 Å². The molecule has 36 heavy (non-hydrogen) atoms. The average molecular weight is 489 g/mol. The summed E-state index contributed by atoms with van der Waals surface area (Å²) < 4.78 is 18.0. The van der Waals surface area contributed by atoms with Crippen LogP contribution in [-0.2, 0) is 14.7 Å². The highest BCUT2D eigenvalue weighted by Crippen LogP contribution is 2.50. The number of methoxy groups -OCH3 is 2. The Hall–Kier alpha value is -1.40. The summed E-state index contributed by atoms with van der Waals surface area (Å²) in [4.78, 5) is 15.7. The minimum Gasteiger partial charge on any atom is -0.493 e. The summed E-state index contributed by atoms with van der Waals surface area (Å²) >= 11 is 0. The van der Waals surface area contributed by atoms with Crippen LogP contribution in [0.15, 0.2) is 0 Å². The van der Waals surface area contributed by atoms with Crippen LogP contribution in [0.3, 0.4) is 0 Å². The van der Waals surface area contributed by atoms with Gasteiger partial charge in [0.15, 0.2) is 11.5 Å².